The van der Waals surface area contributed by atoms with Crippen LogP contribution in [0.2, 0.25) is 0 Å². The minimum absolute atomic E-state index is 0.258. The molecule has 0 N–H and O–H groups in total. The van der Waals surface area contributed by atoms with Crippen molar-refractivity contribution < 1.29 is 14.3 Å². The van der Waals surface area contributed by atoms with Crippen molar-refractivity contribution in [3.63, 3.8) is 0 Å². The molecular formula is C9H13NO3S. The Morgan fingerprint density at radius 2 is 1.93 bits per heavy atom. The minimum atomic E-state index is -0.418. The lowest BCUT2D eigenvalue weighted by molar-refractivity contribution is -0.166. The molecule has 0 aromatic rings. The summed E-state index contributed by atoms with van der Waals surface area (Å²) in [6, 6.07) is 0. The maximum atomic E-state index is 11.0. The van der Waals surface area contributed by atoms with E-state index in [0.717, 1.165) is 6.54 Å². The fourth-order valence-electron chi connectivity index (χ4n) is 1.70. The molecule has 1 heterocycles. The summed E-state index contributed by atoms with van der Waals surface area (Å²) in [6.07, 6.45) is 4.46. The van der Waals surface area contributed by atoms with E-state index in [9.17, 15) is 9.59 Å². The third-order valence-electron chi connectivity index (χ3n) is 2.69. The smallest absolute Gasteiger partial charge is 0.327 e. The van der Waals surface area contributed by atoms with Crippen LogP contribution < -0.4 is 0 Å². The molecule has 0 amide bonds. The Morgan fingerprint density at radius 1 is 1.36 bits per heavy atom. The first-order chi connectivity index (χ1) is 6.63. The van der Waals surface area contributed by atoms with Crippen molar-refractivity contribution in [1.82, 2.24) is 4.90 Å². The second-order valence-corrected chi connectivity index (χ2v) is 5.15. The number of hydrogen-bond acceptors (Lipinski definition) is 5. The van der Waals surface area contributed by atoms with E-state index >= 15 is 0 Å². The molecule has 2 rings (SSSR count). The highest BCUT2D eigenvalue weighted by Gasteiger charge is 2.44. The Kier molecular flexibility index (Phi) is 2.53. The fraction of sp³-hybridized carbons (Fsp3) is 0.778. The van der Waals surface area contributed by atoms with Crippen LogP contribution in [0.1, 0.15) is 12.8 Å². The summed E-state index contributed by atoms with van der Waals surface area (Å²) >= 11 is 1.83. The Hall–Kier alpha value is -0.550. The molecule has 0 radical (unpaired) electrons. The normalized spacial score (nSPS) is 26.1. The Labute approximate surface area is 87.0 Å². The zero-order chi connectivity index (χ0) is 10.2. The molecule has 0 aromatic carbocycles. The van der Waals surface area contributed by atoms with Crippen LogP contribution in [-0.2, 0) is 14.3 Å². The predicted molar refractivity (Wildman–Crippen MR) is 53.0 cm³/mol. The van der Waals surface area contributed by atoms with Gasteiger partial charge in [-0.1, -0.05) is 0 Å². The standard InChI is InChI=1S/C9H13NO3S/c1-14-9(2-3-9)6-10-4-7(11)13-8(12)5-10/h2-6H2,1H3. The van der Waals surface area contributed by atoms with Crippen LogP contribution in [0.4, 0.5) is 0 Å². The highest BCUT2D eigenvalue weighted by atomic mass is 32.2. The lowest BCUT2D eigenvalue weighted by Gasteiger charge is -2.27. The molecule has 0 unspecified atom stereocenters. The molecule has 0 aromatic heterocycles. The number of hydrogen-bond donors (Lipinski definition) is 0. The summed E-state index contributed by atoms with van der Waals surface area (Å²) in [7, 11) is 0. The number of morpholine rings is 1. The number of carbonyl (C=O) groups is 2. The molecule has 0 atom stereocenters. The first kappa shape index (κ1) is 9.98. The second kappa shape index (κ2) is 3.55. The van der Waals surface area contributed by atoms with Gasteiger partial charge in [0.15, 0.2) is 0 Å². The number of carbonyl (C=O) groups excluding carboxylic acids is 2. The van der Waals surface area contributed by atoms with Gasteiger partial charge in [-0.15, -0.1) is 0 Å². The van der Waals surface area contributed by atoms with Gasteiger partial charge < -0.3 is 4.74 Å². The number of thioether (sulfide) groups is 1. The van der Waals surface area contributed by atoms with Crippen LogP contribution in [0.5, 0.6) is 0 Å². The largest absolute Gasteiger partial charge is 0.391 e. The maximum Gasteiger partial charge on any atom is 0.327 e. The molecule has 0 spiro atoms. The molecule has 2 fully saturated rings. The van der Waals surface area contributed by atoms with Gasteiger partial charge in [-0.2, -0.15) is 11.8 Å². The van der Waals surface area contributed by atoms with Crippen LogP contribution in [-0.4, -0.2) is 47.5 Å². The molecule has 1 aliphatic heterocycles. The van der Waals surface area contributed by atoms with Crippen LogP contribution in [0.3, 0.4) is 0 Å². The van der Waals surface area contributed by atoms with E-state index in [-0.39, 0.29) is 13.1 Å². The van der Waals surface area contributed by atoms with E-state index in [1.807, 2.05) is 16.7 Å². The van der Waals surface area contributed by atoms with Gasteiger partial charge in [0.2, 0.25) is 0 Å². The van der Waals surface area contributed by atoms with E-state index in [0.29, 0.717) is 4.75 Å². The summed E-state index contributed by atoms with van der Waals surface area (Å²) in [6.45, 7) is 1.34. The minimum Gasteiger partial charge on any atom is -0.391 e. The second-order valence-electron chi connectivity index (χ2n) is 3.88. The summed E-state index contributed by atoms with van der Waals surface area (Å²) < 4.78 is 4.76. The average molecular weight is 215 g/mol. The van der Waals surface area contributed by atoms with Crippen LogP contribution in [0.15, 0.2) is 0 Å². The third kappa shape index (κ3) is 2.09. The zero-order valence-corrected chi connectivity index (χ0v) is 8.93. The topological polar surface area (TPSA) is 46.6 Å². The van der Waals surface area contributed by atoms with Crippen molar-refractivity contribution in [3.05, 3.63) is 0 Å². The molecule has 1 aliphatic carbocycles. The van der Waals surface area contributed by atoms with Gasteiger partial charge in [0.05, 0.1) is 13.1 Å². The molecule has 5 heteroatoms. The molecule has 2 aliphatic rings. The van der Waals surface area contributed by atoms with Crippen molar-refractivity contribution >= 4 is 23.7 Å². The fourth-order valence-corrected chi connectivity index (χ4v) is 2.52. The van der Waals surface area contributed by atoms with Crippen LogP contribution in [0, 0.1) is 0 Å². The SMILES string of the molecule is CSC1(CN2CC(=O)OC(=O)C2)CC1. The van der Waals surface area contributed by atoms with Crippen LogP contribution in [0.25, 0.3) is 0 Å². The van der Waals surface area contributed by atoms with Crippen molar-refractivity contribution in [3.8, 4) is 0 Å². The van der Waals surface area contributed by atoms with Gasteiger partial charge in [-0.3, -0.25) is 14.5 Å². The number of cyclic esters (lactones) is 2. The van der Waals surface area contributed by atoms with E-state index < -0.39 is 11.9 Å². The van der Waals surface area contributed by atoms with Gasteiger partial charge in [0, 0.05) is 11.3 Å². The summed E-state index contributed by atoms with van der Waals surface area (Å²) in [5, 5.41) is 0. The monoisotopic (exact) mass is 215 g/mol. The van der Waals surface area contributed by atoms with Crippen molar-refractivity contribution in [1.29, 1.82) is 0 Å². The highest BCUT2D eigenvalue weighted by molar-refractivity contribution is 8.00. The quantitative estimate of drug-likeness (QED) is 0.499. The Bertz CT molecular complexity index is 259. The van der Waals surface area contributed by atoms with E-state index in [1.165, 1.54) is 12.8 Å². The number of nitrogens with zero attached hydrogens (tertiary/aromatic N) is 1. The van der Waals surface area contributed by atoms with Crippen molar-refractivity contribution in [2.45, 2.75) is 17.6 Å². The molecule has 78 valence electrons. The molecule has 1 saturated carbocycles. The van der Waals surface area contributed by atoms with E-state index in [4.69, 9.17) is 0 Å². The first-order valence-corrected chi connectivity index (χ1v) is 5.87. The molecular weight excluding hydrogens is 202 g/mol. The lowest BCUT2D eigenvalue weighted by Crippen LogP contribution is -2.45. The Morgan fingerprint density at radius 3 is 2.36 bits per heavy atom. The van der Waals surface area contributed by atoms with Gasteiger partial charge in [0.25, 0.3) is 0 Å². The predicted octanol–water partition coefficient (Wildman–Crippen LogP) is 0.267. The van der Waals surface area contributed by atoms with Gasteiger partial charge >= 0.3 is 11.9 Å². The number of esters is 2. The van der Waals surface area contributed by atoms with Crippen LogP contribution >= 0.6 is 11.8 Å². The maximum absolute atomic E-state index is 11.0. The van der Waals surface area contributed by atoms with Gasteiger partial charge in [-0.05, 0) is 19.1 Å². The summed E-state index contributed by atoms with van der Waals surface area (Å²) in [5.41, 5.74) is 0. The zero-order valence-electron chi connectivity index (χ0n) is 8.12. The highest BCUT2D eigenvalue weighted by Crippen LogP contribution is 2.47. The van der Waals surface area contributed by atoms with Crippen molar-refractivity contribution in [2.75, 3.05) is 25.9 Å². The van der Waals surface area contributed by atoms with Gasteiger partial charge in [-0.25, -0.2) is 0 Å². The first-order valence-electron chi connectivity index (χ1n) is 4.65. The summed E-state index contributed by atoms with van der Waals surface area (Å²) in [5.74, 6) is -0.837. The number of ether oxygens (including phenoxy) is 1. The average Bonchev–Trinajstić information content (AvgIpc) is 2.83. The molecule has 14 heavy (non-hydrogen) atoms. The van der Waals surface area contributed by atoms with Gasteiger partial charge in [0.1, 0.15) is 0 Å². The van der Waals surface area contributed by atoms with E-state index in [1.54, 1.807) is 0 Å². The number of rotatable bonds is 3. The third-order valence-corrected chi connectivity index (χ3v) is 4.09. The van der Waals surface area contributed by atoms with E-state index in [2.05, 4.69) is 11.0 Å². The Balaban J connectivity index is 1.91. The van der Waals surface area contributed by atoms with Crippen molar-refractivity contribution in [2.24, 2.45) is 0 Å². The molecule has 4 nitrogen and oxygen atoms in total. The molecule has 0 bridgehead atoms. The summed E-state index contributed by atoms with van der Waals surface area (Å²) in [4.78, 5) is 23.9. The lowest BCUT2D eigenvalue weighted by atomic mass is 10.3. The molecule has 1 saturated heterocycles.